The third kappa shape index (κ3) is 4.53. The van der Waals surface area contributed by atoms with Crippen molar-refractivity contribution in [1.82, 2.24) is 9.78 Å². The summed E-state index contributed by atoms with van der Waals surface area (Å²) in [5.74, 6) is 0.115. The molecule has 7 nitrogen and oxygen atoms in total. The second-order valence-corrected chi connectivity index (χ2v) is 6.14. The summed E-state index contributed by atoms with van der Waals surface area (Å²) in [6.45, 7) is 6.69. The van der Waals surface area contributed by atoms with Gasteiger partial charge in [0, 0.05) is 18.0 Å². The summed E-state index contributed by atoms with van der Waals surface area (Å²) in [6.07, 6.45) is 3.24. The van der Waals surface area contributed by atoms with Crippen molar-refractivity contribution in [2.24, 2.45) is 0 Å². The number of benzene rings is 2. The van der Waals surface area contributed by atoms with E-state index in [2.05, 4.69) is 10.4 Å². The zero-order valence-electron chi connectivity index (χ0n) is 17.1. The van der Waals surface area contributed by atoms with Gasteiger partial charge in [0.05, 0.1) is 25.5 Å². The number of amides is 1. The van der Waals surface area contributed by atoms with E-state index in [1.54, 1.807) is 42.7 Å². The van der Waals surface area contributed by atoms with Crippen molar-refractivity contribution in [2.45, 2.75) is 20.8 Å². The smallest absolute Gasteiger partial charge is 0.256 e. The Morgan fingerprint density at radius 2 is 1.70 bits per heavy atom. The van der Waals surface area contributed by atoms with E-state index < -0.39 is 11.7 Å². The number of carbonyl (C=O) groups is 1. The fraction of sp³-hybridized carbons (Fsp3) is 0.273. The number of nitrogens with zero attached hydrogens (tertiary/aromatic N) is 2. The highest BCUT2D eigenvalue weighted by Gasteiger charge is 2.20. The maximum atomic E-state index is 14.6. The summed E-state index contributed by atoms with van der Waals surface area (Å²) in [6, 6.07) is 9.33. The molecule has 0 aliphatic rings. The highest BCUT2D eigenvalue weighted by atomic mass is 19.1. The molecule has 0 spiro atoms. The monoisotopic (exact) mass is 413 g/mol. The van der Waals surface area contributed by atoms with Crippen LogP contribution in [-0.2, 0) is 0 Å². The molecule has 3 aromatic rings. The van der Waals surface area contributed by atoms with Crippen LogP contribution < -0.4 is 19.5 Å². The largest absolute Gasteiger partial charge is 0.490 e. The Morgan fingerprint density at radius 1 is 1.03 bits per heavy atom. The van der Waals surface area contributed by atoms with Gasteiger partial charge in [-0.15, -0.1) is 0 Å². The van der Waals surface area contributed by atoms with Crippen LogP contribution in [-0.4, -0.2) is 35.5 Å². The second-order valence-electron chi connectivity index (χ2n) is 6.14. The van der Waals surface area contributed by atoms with E-state index >= 15 is 0 Å². The van der Waals surface area contributed by atoms with Crippen LogP contribution in [0.15, 0.2) is 48.8 Å². The average molecular weight is 413 g/mol. The van der Waals surface area contributed by atoms with Gasteiger partial charge in [0.15, 0.2) is 11.5 Å². The number of aromatic nitrogens is 2. The van der Waals surface area contributed by atoms with Gasteiger partial charge in [-0.3, -0.25) is 4.79 Å². The fourth-order valence-corrected chi connectivity index (χ4v) is 2.94. The molecule has 158 valence electrons. The number of ether oxygens (including phenoxy) is 3. The van der Waals surface area contributed by atoms with Crippen LogP contribution >= 0.6 is 0 Å². The normalized spacial score (nSPS) is 10.5. The van der Waals surface area contributed by atoms with Crippen molar-refractivity contribution < 1.29 is 23.4 Å². The molecule has 8 heteroatoms. The molecule has 0 bridgehead atoms. The minimum Gasteiger partial charge on any atom is -0.490 e. The number of anilines is 1. The first-order valence-electron chi connectivity index (χ1n) is 9.75. The Morgan fingerprint density at radius 3 is 2.27 bits per heavy atom. The van der Waals surface area contributed by atoms with Crippen molar-refractivity contribution in [2.75, 3.05) is 25.1 Å². The van der Waals surface area contributed by atoms with E-state index in [1.807, 2.05) is 20.8 Å². The molecule has 0 saturated heterocycles. The number of hydrogen-bond donors (Lipinski definition) is 1. The lowest BCUT2D eigenvalue weighted by molar-refractivity contribution is 0.102. The van der Waals surface area contributed by atoms with Crippen molar-refractivity contribution in [3.63, 3.8) is 0 Å². The molecule has 0 fully saturated rings. The van der Waals surface area contributed by atoms with Gasteiger partial charge in [0.25, 0.3) is 5.91 Å². The zero-order chi connectivity index (χ0) is 21.5. The van der Waals surface area contributed by atoms with Gasteiger partial charge in [-0.2, -0.15) is 5.10 Å². The Hall–Kier alpha value is -3.55. The molecule has 0 aliphatic carbocycles. The molecular weight excluding hydrogens is 389 g/mol. The average Bonchev–Trinajstić information content (AvgIpc) is 3.26. The van der Waals surface area contributed by atoms with E-state index in [0.29, 0.717) is 42.8 Å². The molecule has 0 atom stereocenters. The molecule has 1 heterocycles. The first-order valence-corrected chi connectivity index (χ1v) is 9.75. The van der Waals surface area contributed by atoms with Crippen LogP contribution in [0, 0.1) is 5.82 Å². The summed E-state index contributed by atoms with van der Waals surface area (Å²) in [5.41, 5.74) is 0.686. The summed E-state index contributed by atoms with van der Waals surface area (Å²) < 4.78 is 33.0. The van der Waals surface area contributed by atoms with Gasteiger partial charge in [-0.05, 0) is 51.1 Å². The lowest BCUT2D eigenvalue weighted by Crippen LogP contribution is -2.16. The summed E-state index contributed by atoms with van der Waals surface area (Å²) >= 11 is 0. The molecule has 0 aliphatic heterocycles. The molecule has 1 amide bonds. The maximum Gasteiger partial charge on any atom is 0.256 e. The standard InChI is InChI=1S/C22H24FN3O4/c1-4-28-18-13-15(14-19(29-5-2)21(18)30-6-3)22(27)25-20-16(23)9-7-10-17(20)26-12-8-11-24-26/h7-14H,4-6H2,1-3H3,(H,25,27). The molecule has 0 radical (unpaired) electrons. The number of halogens is 1. The predicted octanol–water partition coefficient (Wildman–Crippen LogP) is 4.46. The zero-order valence-corrected chi connectivity index (χ0v) is 17.1. The predicted molar refractivity (Wildman–Crippen MR) is 111 cm³/mol. The van der Waals surface area contributed by atoms with Crippen LogP contribution in [0.25, 0.3) is 5.69 Å². The van der Waals surface area contributed by atoms with Gasteiger partial charge in [-0.25, -0.2) is 9.07 Å². The molecule has 30 heavy (non-hydrogen) atoms. The molecule has 2 aromatic carbocycles. The summed E-state index contributed by atoms with van der Waals surface area (Å²) in [4.78, 5) is 13.0. The van der Waals surface area contributed by atoms with Crippen molar-refractivity contribution in [1.29, 1.82) is 0 Å². The highest BCUT2D eigenvalue weighted by molar-refractivity contribution is 6.06. The first kappa shape index (κ1) is 21.2. The van der Waals surface area contributed by atoms with Gasteiger partial charge in [-0.1, -0.05) is 6.07 Å². The fourth-order valence-electron chi connectivity index (χ4n) is 2.94. The number of nitrogens with one attached hydrogen (secondary N) is 1. The number of carbonyl (C=O) groups excluding carboxylic acids is 1. The molecule has 0 saturated carbocycles. The van der Waals surface area contributed by atoms with Crippen LogP contribution in [0.3, 0.4) is 0 Å². The van der Waals surface area contributed by atoms with Gasteiger partial charge >= 0.3 is 0 Å². The quantitative estimate of drug-likeness (QED) is 0.561. The number of para-hydroxylation sites is 1. The second kappa shape index (κ2) is 9.78. The van der Waals surface area contributed by atoms with Crippen LogP contribution in [0.1, 0.15) is 31.1 Å². The Kier molecular flexibility index (Phi) is 6.90. The number of rotatable bonds is 9. The van der Waals surface area contributed by atoms with Gasteiger partial charge in [0.2, 0.25) is 5.75 Å². The lowest BCUT2D eigenvalue weighted by atomic mass is 10.1. The van der Waals surface area contributed by atoms with Gasteiger partial charge < -0.3 is 19.5 Å². The maximum absolute atomic E-state index is 14.6. The summed E-state index contributed by atoms with van der Waals surface area (Å²) in [7, 11) is 0. The van der Waals surface area contributed by atoms with E-state index in [1.165, 1.54) is 10.7 Å². The Bertz CT molecular complexity index is 979. The first-order chi connectivity index (χ1) is 14.6. The van der Waals surface area contributed by atoms with E-state index in [-0.39, 0.29) is 11.3 Å². The van der Waals surface area contributed by atoms with Crippen molar-refractivity contribution in [3.8, 4) is 22.9 Å². The number of hydrogen-bond acceptors (Lipinski definition) is 5. The highest BCUT2D eigenvalue weighted by Crippen LogP contribution is 2.39. The Balaban J connectivity index is 2.00. The SMILES string of the molecule is CCOc1cc(C(=O)Nc2c(F)cccc2-n2cccn2)cc(OCC)c1OCC. The Labute approximate surface area is 174 Å². The molecule has 3 rings (SSSR count). The van der Waals surface area contributed by atoms with Crippen LogP contribution in [0.4, 0.5) is 10.1 Å². The summed E-state index contributed by atoms with van der Waals surface area (Å²) in [5, 5.41) is 6.77. The van der Waals surface area contributed by atoms with E-state index in [9.17, 15) is 9.18 Å². The molecule has 1 N–H and O–H groups in total. The van der Waals surface area contributed by atoms with Crippen LogP contribution in [0.2, 0.25) is 0 Å². The van der Waals surface area contributed by atoms with Crippen LogP contribution in [0.5, 0.6) is 17.2 Å². The minimum absolute atomic E-state index is 0.0241. The van der Waals surface area contributed by atoms with Crippen molar-refractivity contribution in [3.05, 3.63) is 60.2 Å². The van der Waals surface area contributed by atoms with E-state index in [4.69, 9.17) is 14.2 Å². The molecular formula is C22H24FN3O4. The van der Waals surface area contributed by atoms with Gasteiger partial charge in [0.1, 0.15) is 11.5 Å². The van der Waals surface area contributed by atoms with E-state index in [0.717, 1.165) is 0 Å². The molecule has 0 unspecified atom stereocenters. The lowest BCUT2D eigenvalue weighted by Gasteiger charge is -2.17. The topological polar surface area (TPSA) is 74.6 Å². The van der Waals surface area contributed by atoms with Crippen molar-refractivity contribution >= 4 is 11.6 Å². The third-order valence-corrected chi connectivity index (χ3v) is 4.15. The minimum atomic E-state index is -0.572. The third-order valence-electron chi connectivity index (χ3n) is 4.15. The molecule has 1 aromatic heterocycles.